The van der Waals surface area contributed by atoms with Crippen molar-refractivity contribution in [2.75, 3.05) is 18.1 Å². The van der Waals surface area contributed by atoms with E-state index in [2.05, 4.69) is 5.32 Å². The molecule has 5 nitrogen and oxygen atoms in total. The van der Waals surface area contributed by atoms with E-state index < -0.39 is 15.4 Å². The third kappa shape index (κ3) is 12.1. The van der Waals surface area contributed by atoms with Crippen LogP contribution in [0.15, 0.2) is 0 Å². The summed E-state index contributed by atoms with van der Waals surface area (Å²) in [6.45, 7) is 7.62. The highest BCUT2D eigenvalue weighted by Gasteiger charge is 2.17. The van der Waals surface area contributed by atoms with Crippen LogP contribution in [0.4, 0.5) is 0 Å². The van der Waals surface area contributed by atoms with Crippen LogP contribution in [0, 0.1) is 5.92 Å². The Balaban J connectivity index is 0. The Morgan fingerprint density at radius 1 is 1.33 bits per heavy atom. The predicted molar refractivity (Wildman–Crippen MR) is 76.6 cm³/mol. The summed E-state index contributed by atoms with van der Waals surface area (Å²) in [5.74, 6) is -0.146. The number of nitrogens with two attached hydrogens (primary N) is 1. The first-order chi connectivity index (χ1) is 7.52. The van der Waals surface area contributed by atoms with E-state index in [0.717, 1.165) is 0 Å². The van der Waals surface area contributed by atoms with Crippen molar-refractivity contribution in [3.05, 3.63) is 0 Å². The smallest absolute Gasteiger partial charge is 0.221 e. The minimum Gasteiger partial charge on any atom is -0.354 e. The SMILES string of the molecule is CC(C)CS(=O)(=O)CCC(=O)NCC(C)(C)N.Cl. The number of sulfone groups is 1. The fraction of sp³-hybridized carbons (Fsp3) is 0.909. The van der Waals surface area contributed by atoms with E-state index in [1.807, 2.05) is 13.8 Å². The highest BCUT2D eigenvalue weighted by atomic mass is 35.5. The zero-order valence-corrected chi connectivity index (χ0v) is 13.2. The predicted octanol–water partition coefficient (Wildman–Crippen LogP) is 0.723. The number of hydrogen-bond donors (Lipinski definition) is 2. The zero-order valence-electron chi connectivity index (χ0n) is 11.5. The highest BCUT2D eigenvalue weighted by Crippen LogP contribution is 2.02. The topological polar surface area (TPSA) is 89.3 Å². The molecule has 0 aliphatic rings. The molecule has 0 rings (SSSR count). The number of carbonyl (C=O) groups excluding carboxylic acids is 1. The quantitative estimate of drug-likeness (QED) is 0.725. The van der Waals surface area contributed by atoms with Crippen molar-refractivity contribution in [2.24, 2.45) is 11.7 Å². The molecule has 0 atom stereocenters. The van der Waals surface area contributed by atoms with Gasteiger partial charge in [0.15, 0.2) is 9.84 Å². The Hall–Kier alpha value is -0.330. The molecular weight excluding hydrogens is 276 g/mol. The summed E-state index contributed by atoms with van der Waals surface area (Å²) in [7, 11) is -3.12. The second kappa shape index (κ2) is 7.96. The number of rotatable bonds is 7. The van der Waals surface area contributed by atoms with E-state index in [-0.39, 0.29) is 42.2 Å². The molecule has 0 unspecified atom stereocenters. The second-order valence-corrected chi connectivity index (χ2v) is 7.75. The van der Waals surface area contributed by atoms with Gasteiger partial charge in [-0.05, 0) is 19.8 Å². The molecule has 0 heterocycles. The van der Waals surface area contributed by atoms with Crippen molar-refractivity contribution in [1.82, 2.24) is 5.32 Å². The van der Waals surface area contributed by atoms with Crippen molar-refractivity contribution in [3.63, 3.8) is 0 Å². The summed E-state index contributed by atoms with van der Waals surface area (Å²) >= 11 is 0. The molecule has 0 radical (unpaired) electrons. The second-order valence-electron chi connectivity index (χ2n) is 5.52. The number of nitrogens with one attached hydrogen (secondary N) is 1. The van der Waals surface area contributed by atoms with E-state index in [9.17, 15) is 13.2 Å². The highest BCUT2D eigenvalue weighted by molar-refractivity contribution is 7.91. The first-order valence-electron chi connectivity index (χ1n) is 5.78. The van der Waals surface area contributed by atoms with Crippen molar-refractivity contribution in [1.29, 1.82) is 0 Å². The number of carbonyl (C=O) groups is 1. The molecule has 0 aromatic carbocycles. The average Bonchev–Trinajstić information content (AvgIpc) is 2.08. The lowest BCUT2D eigenvalue weighted by molar-refractivity contribution is -0.120. The average molecular weight is 301 g/mol. The number of hydrogen-bond acceptors (Lipinski definition) is 4. The summed E-state index contributed by atoms with van der Waals surface area (Å²) in [4.78, 5) is 11.4. The monoisotopic (exact) mass is 300 g/mol. The molecule has 7 heteroatoms. The Labute approximate surface area is 116 Å². The first kappa shape index (κ1) is 20.0. The minimum atomic E-state index is -3.12. The van der Waals surface area contributed by atoms with Gasteiger partial charge in [-0.15, -0.1) is 12.4 Å². The zero-order chi connectivity index (χ0) is 13.7. The van der Waals surface area contributed by atoms with Gasteiger partial charge in [0, 0.05) is 18.5 Å². The molecule has 18 heavy (non-hydrogen) atoms. The fourth-order valence-electron chi connectivity index (χ4n) is 1.25. The van der Waals surface area contributed by atoms with Crippen LogP contribution >= 0.6 is 12.4 Å². The molecule has 1 amide bonds. The normalized spacial score (nSPS) is 12.1. The molecule has 0 fully saturated rings. The maximum Gasteiger partial charge on any atom is 0.221 e. The van der Waals surface area contributed by atoms with Gasteiger partial charge in [0.2, 0.25) is 5.91 Å². The van der Waals surface area contributed by atoms with Crippen molar-refractivity contribution >= 4 is 28.2 Å². The molecule has 0 spiro atoms. The Bertz CT molecular complexity index is 348. The third-order valence-corrected chi connectivity index (χ3v) is 3.97. The lowest BCUT2D eigenvalue weighted by Crippen LogP contribution is -2.45. The van der Waals surface area contributed by atoms with Gasteiger partial charge in [0.1, 0.15) is 0 Å². The lowest BCUT2D eigenvalue weighted by atomic mass is 10.1. The van der Waals surface area contributed by atoms with Gasteiger partial charge in [-0.25, -0.2) is 8.42 Å². The van der Waals surface area contributed by atoms with Gasteiger partial charge < -0.3 is 11.1 Å². The van der Waals surface area contributed by atoms with Crippen molar-refractivity contribution in [3.8, 4) is 0 Å². The van der Waals surface area contributed by atoms with E-state index >= 15 is 0 Å². The van der Waals surface area contributed by atoms with Crippen LogP contribution in [0.1, 0.15) is 34.1 Å². The van der Waals surface area contributed by atoms with Crippen LogP contribution in [0.25, 0.3) is 0 Å². The van der Waals surface area contributed by atoms with Gasteiger partial charge >= 0.3 is 0 Å². The molecule has 0 saturated heterocycles. The summed E-state index contributed by atoms with van der Waals surface area (Å²) < 4.78 is 23.1. The van der Waals surface area contributed by atoms with Gasteiger partial charge in [0.25, 0.3) is 0 Å². The first-order valence-corrected chi connectivity index (χ1v) is 7.60. The van der Waals surface area contributed by atoms with Gasteiger partial charge in [-0.3, -0.25) is 4.79 Å². The van der Waals surface area contributed by atoms with Crippen molar-refractivity contribution in [2.45, 2.75) is 39.7 Å². The molecule has 3 N–H and O–H groups in total. The summed E-state index contributed by atoms with van der Waals surface area (Å²) in [6.07, 6.45) is 0.00509. The molecule has 110 valence electrons. The Morgan fingerprint density at radius 2 is 1.83 bits per heavy atom. The van der Waals surface area contributed by atoms with E-state index in [4.69, 9.17) is 5.73 Å². The van der Waals surface area contributed by atoms with E-state index in [1.165, 1.54) is 0 Å². The van der Waals surface area contributed by atoms with Crippen LogP contribution in [0.2, 0.25) is 0 Å². The maximum absolute atomic E-state index is 11.5. The van der Waals surface area contributed by atoms with E-state index in [0.29, 0.717) is 6.54 Å². The van der Waals surface area contributed by atoms with Crippen LogP contribution in [-0.2, 0) is 14.6 Å². The minimum absolute atomic E-state index is 0. The fourth-order valence-corrected chi connectivity index (χ4v) is 2.93. The molecule has 0 saturated carbocycles. The van der Waals surface area contributed by atoms with Gasteiger partial charge in [-0.1, -0.05) is 13.8 Å². The van der Waals surface area contributed by atoms with Crippen molar-refractivity contribution < 1.29 is 13.2 Å². The van der Waals surface area contributed by atoms with Gasteiger partial charge in [0.05, 0.1) is 11.5 Å². The molecule has 0 aromatic rings. The maximum atomic E-state index is 11.5. The molecule has 0 aromatic heterocycles. The molecule has 0 aliphatic heterocycles. The number of amides is 1. The van der Waals surface area contributed by atoms with Crippen LogP contribution < -0.4 is 11.1 Å². The lowest BCUT2D eigenvalue weighted by Gasteiger charge is -2.18. The summed E-state index contributed by atoms with van der Waals surface area (Å²) in [5.41, 5.74) is 5.22. The van der Waals surface area contributed by atoms with E-state index in [1.54, 1.807) is 13.8 Å². The van der Waals surface area contributed by atoms with Crippen LogP contribution in [-0.4, -0.2) is 37.9 Å². The molecular formula is C11H25ClN2O3S. The summed E-state index contributed by atoms with van der Waals surface area (Å²) in [6, 6.07) is 0. The standard InChI is InChI=1S/C11H24N2O3S.ClH/c1-9(2)7-17(15,16)6-5-10(14)13-8-11(3,4)12;/h9H,5-8,12H2,1-4H3,(H,13,14);1H. The Morgan fingerprint density at radius 3 is 2.22 bits per heavy atom. The summed E-state index contributed by atoms with van der Waals surface area (Å²) in [5, 5.41) is 2.62. The van der Waals surface area contributed by atoms with Crippen LogP contribution in [0.5, 0.6) is 0 Å². The molecule has 0 bridgehead atoms. The molecule has 0 aliphatic carbocycles. The van der Waals surface area contributed by atoms with Crippen LogP contribution in [0.3, 0.4) is 0 Å². The largest absolute Gasteiger partial charge is 0.354 e. The number of halogens is 1. The Kier molecular flexibility index (Phi) is 8.85. The van der Waals surface area contributed by atoms with Gasteiger partial charge in [-0.2, -0.15) is 0 Å². The third-order valence-electron chi connectivity index (χ3n) is 1.97.